The molecule has 0 aromatic carbocycles. The fraction of sp³-hybridized carbons (Fsp3) is 0.692. The Morgan fingerprint density at radius 3 is 2.67 bits per heavy atom. The molecule has 0 aliphatic carbocycles. The number of aromatic nitrogens is 2. The third-order valence-corrected chi connectivity index (χ3v) is 2.59. The van der Waals surface area contributed by atoms with Crippen molar-refractivity contribution < 1.29 is 4.74 Å². The summed E-state index contributed by atoms with van der Waals surface area (Å²) >= 11 is 0. The molecule has 0 aliphatic heterocycles. The van der Waals surface area contributed by atoms with E-state index in [0.717, 1.165) is 31.1 Å². The zero-order chi connectivity index (χ0) is 13.4. The SMILES string of the molecule is COCCN(C)c1ccc(CNCC(C)C)nn1. The van der Waals surface area contributed by atoms with Gasteiger partial charge in [0.25, 0.3) is 0 Å². The lowest BCUT2D eigenvalue weighted by Gasteiger charge is -2.16. The minimum atomic E-state index is 0.650. The van der Waals surface area contributed by atoms with E-state index in [9.17, 15) is 0 Å². The first-order valence-electron chi connectivity index (χ1n) is 6.37. The van der Waals surface area contributed by atoms with Crippen LogP contribution in [0.5, 0.6) is 0 Å². The summed E-state index contributed by atoms with van der Waals surface area (Å²) in [6.45, 7) is 7.65. The van der Waals surface area contributed by atoms with Crippen LogP contribution >= 0.6 is 0 Å². The van der Waals surface area contributed by atoms with E-state index in [0.29, 0.717) is 12.5 Å². The first-order chi connectivity index (χ1) is 8.63. The molecule has 1 aromatic heterocycles. The molecular weight excluding hydrogens is 228 g/mol. The number of hydrogen-bond acceptors (Lipinski definition) is 5. The molecular formula is C13H24N4O. The molecule has 0 saturated carbocycles. The van der Waals surface area contributed by atoms with Crippen molar-refractivity contribution in [1.29, 1.82) is 0 Å². The third-order valence-electron chi connectivity index (χ3n) is 2.59. The number of anilines is 1. The predicted molar refractivity (Wildman–Crippen MR) is 73.7 cm³/mol. The summed E-state index contributed by atoms with van der Waals surface area (Å²) in [5.41, 5.74) is 0.972. The quantitative estimate of drug-likeness (QED) is 0.756. The molecule has 0 atom stereocenters. The first kappa shape index (κ1) is 14.9. The number of nitrogens with one attached hydrogen (secondary N) is 1. The van der Waals surface area contributed by atoms with Crippen molar-refractivity contribution in [2.45, 2.75) is 20.4 Å². The van der Waals surface area contributed by atoms with E-state index >= 15 is 0 Å². The van der Waals surface area contributed by atoms with Gasteiger partial charge in [-0.2, -0.15) is 5.10 Å². The smallest absolute Gasteiger partial charge is 0.151 e. The molecule has 0 unspecified atom stereocenters. The molecule has 0 amide bonds. The molecule has 1 rings (SSSR count). The van der Waals surface area contributed by atoms with Gasteiger partial charge in [0.2, 0.25) is 0 Å². The maximum absolute atomic E-state index is 5.03. The summed E-state index contributed by atoms with van der Waals surface area (Å²) in [7, 11) is 3.68. The minimum Gasteiger partial charge on any atom is -0.383 e. The van der Waals surface area contributed by atoms with Crippen LogP contribution in [0.4, 0.5) is 5.82 Å². The standard InChI is InChI=1S/C13H24N4O/c1-11(2)9-14-10-12-5-6-13(16-15-12)17(3)7-8-18-4/h5-6,11,14H,7-10H2,1-4H3. The Labute approximate surface area is 110 Å². The van der Waals surface area contributed by atoms with Crippen molar-refractivity contribution in [2.75, 3.05) is 38.8 Å². The van der Waals surface area contributed by atoms with Crippen LogP contribution in [-0.2, 0) is 11.3 Å². The molecule has 0 bridgehead atoms. The number of methoxy groups -OCH3 is 1. The summed E-state index contributed by atoms with van der Waals surface area (Å²) in [5, 5.41) is 11.8. The van der Waals surface area contributed by atoms with Crippen LogP contribution in [0, 0.1) is 5.92 Å². The van der Waals surface area contributed by atoms with Gasteiger partial charge in [0.05, 0.1) is 12.3 Å². The Morgan fingerprint density at radius 1 is 1.33 bits per heavy atom. The monoisotopic (exact) mass is 252 g/mol. The minimum absolute atomic E-state index is 0.650. The van der Waals surface area contributed by atoms with Gasteiger partial charge in [-0.05, 0) is 24.6 Å². The lowest BCUT2D eigenvalue weighted by Crippen LogP contribution is -2.24. The summed E-state index contributed by atoms with van der Waals surface area (Å²) in [6.07, 6.45) is 0. The highest BCUT2D eigenvalue weighted by Crippen LogP contribution is 2.06. The van der Waals surface area contributed by atoms with Crippen LogP contribution in [0.15, 0.2) is 12.1 Å². The molecule has 0 spiro atoms. The van der Waals surface area contributed by atoms with Gasteiger partial charge < -0.3 is 15.0 Å². The van der Waals surface area contributed by atoms with Crippen molar-refractivity contribution in [1.82, 2.24) is 15.5 Å². The highest BCUT2D eigenvalue weighted by atomic mass is 16.5. The zero-order valence-corrected chi connectivity index (χ0v) is 11.8. The van der Waals surface area contributed by atoms with E-state index in [1.54, 1.807) is 7.11 Å². The average molecular weight is 252 g/mol. The van der Waals surface area contributed by atoms with Crippen LogP contribution < -0.4 is 10.2 Å². The van der Waals surface area contributed by atoms with Crippen molar-refractivity contribution >= 4 is 5.82 Å². The van der Waals surface area contributed by atoms with Crippen LogP contribution in [-0.4, -0.2) is 44.1 Å². The average Bonchev–Trinajstić information content (AvgIpc) is 2.36. The van der Waals surface area contributed by atoms with Gasteiger partial charge in [0.1, 0.15) is 0 Å². The topological polar surface area (TPSA) is 50.3 Å². The molecule has 0 radical (unpaired) electrons. The molecule has 0 aliphatic rings. The second kappa shape index (κ2) is 8.00. The lowest BCUT2D eigenvalue weighted by atomic mass is 10.2. The Morgan fingerprint density at radius 2 is 2.11 bits per heavy atom. The Balaban J connectivity index is 2.41. The van der Waals surface area contributed by atoms with E-state index in [2.05, 4.69) is 29.4 Å². The molecule has 1 aromatic rings. The van der Waals surface area contributed by atoms with Crippen molar-refractivity contribution in [3.8, 4) is 0 Å². The van der Waals surface area contributed by atoms with Crippen LogP contribution in [0.25, 0.3) is 0 Å². The number of ether oxygens (including phenoxy) is 1. The van der Waals surface area contributed by atoms with Crippen LogP contribution in [0.2, 0.25) is 0 Å². The van der Waals surface area contributed by atoms with Gasteiger partial charge in [-0.3, -0.25) is 0 Å². The van der Waals surface area contributed by atoms with E-state index in [1.807, 2.05) is 24.1 Å². The number of hydrogen-bond donors (Lipinski definition) is 1. The number of rotatable bonds is 8. The molecule has 5 nitrogen and oxygen atoms in total. The molecule has 1 heterocycles. The number of likely N-dealkylation sites (N-methyl/N-ethyl adjacent to an activating group) is 1. The van der Waals surface area contributed by atoms with Crippen molar-refractivity contribution in [3.05, 3.63) is 17.8 Å². The van der Waals surface area contributed by atoms with E-state index in [-0.39, 0.29) is 0 Å². The number of nitrogens with zero attached hydrogens (tertiary/aromatic N) is 3. The largest absolute Gasteiger partial charge is 0.383 e. The molecule has 18 heavy (non-hydrogen) atoms. The summed E-state index contributed by atoms with van der Waals surface area (Å²) in [6, 6.07) is 4.01. The van der Waals surface area contributed by atoms with Gasteiger partial charge in [-0.25, -0.2) is 0 Å². The van der Waals surface area contributed by atoms with Gasteiger partial charge >= 0.3 is 0 Å². The lowest BCUT2D eigenvalue weighted by molar-refractivity contribution is 0.206. The van der Waals surface area contributed by atoms with Crippen LogP contribution in [0.3, 0.4) is 0 Å². The van der Waals surface area contributed by atoms with E-state index in [1.165, 1.54) is 0 Å². The fourth-order valence-corrected chi connectivity index (χ4v) is 1.48. The molecule has 0 saturated heterocycles. The molecule has 5 heteroatoms. The second-order valence-corrected chi connectivity index (χ2v) is 4.82. The maximum Gasteiger partial charge on any atom is 0.151 e. The Hall–Kier alpha value is -1.20. The third kappa shape index (κ3) is 5.42. The predicted octanol–water partition coefficient (Wildman–Crippen LogP) is 1.30. The Bertz CT molecular complexity index is 326. The fourth-order valence-electron chi connectivity index (χ4n) is 1.48. The summed E-state index contributed by atoms with van der Waals surface area (Å²) in [4.78, 5) is 2.03. The Kier molecular flexibility index (Phi) is 6.60. The summed E-state index contributed by atoms with van der Waals surface area (Å²) < 4.78 is 5.03. The molecule has 102 valence electrons. The summed E-state index contributed by atoms with van der Waals surface area (Å²) in [5.74, 6) is 1.53. The van der Waals surface area contributed by atoms with E-state index in [4.69, 9.17) is 4.74 Å². The van der Waals surface area contributed by atoms with Gasteiger partial charge in [0, 0.05) is 27.2 Å². The maximum atomic E-state index is 5.03. The van der Waals surface area contributed by atoms with Crippen LogP contribution in [0.1, 0.15) is 19.5 Å². The highest BCUT2D eigenvalue weighted by Gasteiger charge is 2.03. The first-order valence-corrected chi connectivity index (χ1v) is 6.37. The van der Waals surface area contributed by atoms with Gasteiger partial charge in [-0.15, -0.1) is 5.10 Å². The molecule has 0 fully saturated rings. The second-order valence-electron chi connectivity index (χ2n) is 4.82. The normalized spacial score (nSPS) is 10.9. The van der Waals surface area contributed by atoms with Crippen molar-refractivity contribution in [3.63, 3.8) is 0 Å². The van der Waals surface area contributed by atoms with Crippen molar-refractivity contribution in [2.24, 2.45) is 5.92 Å². The molecule has 1 N–H and O–H groups in total. The van der Waals surface area contributed by atoms with Gasteiger partial charge in [0.15, 0.2) is 5.82 Å². The van der Waals surface area contributed by atoms with Gasteiger partial charge in [-0.1, -0.05) is 13.8 Å². The zero-order valence-electron chi connectivity index (χ0n) is 11.8. The highest BCUT2D eigenvalue weighted by molar-refractivity contribution is 5.35. The van der Waals surface area contributed by atoms with E-state index < -0.39 is 0 Å².